The zero-order chi connectivity index (χ0) is 13.0. The van der Waals surface area contributed by atoms with Gasteiger partial charge in [0.15, 0.2) is 0 Å². The van der Waals surface area contributed by atoms with Crippen LogP contribution in [0.3, 0.4) is 0 Å². The fourth-order valence-corrected chi connectivity index (χ4v) is 1.97. The van der Waals surface area contributed by atoms with Gasteiger partial charge in [0.05, 0.1) is 11.6 Å². The Morgan fingerprint density at radius 1 is 1.22 bits per heavy atom. The van der Waals surface area contributed by atoms with Gasteiger partial charge < -0.3 is 5.32 Å². The summed E-state index contributed by atoms with van der Waals surface area (Å²) in [6.07, 6.45) is 1.69. The molecule has 0 radical (unpaired) electrons. The second-order valence-corrected chi connectivity index (χ2v) is 4.23. The van der Waals surface area contributed by atoms with Gasteiger partial charge in [0.25, 0.3) is 0 Å². The summed E-state index contributed by atoms with van der Waals surface area (Å²) in [5.74, 6) is 0.635. The molecule has 1 heterocycles. The van der Waals surface area contributed by atoms with E-state index in [4.69, 9.17) is 5.26 Å². The minimum absolute atomic E-state index is 0.119. The molecule has 0 unspecified atom stereocenters. The standard InChI is InChI=1S/C15H15N3/c1-11-6-3-4-8-14(11)12(2)18-15-13(10-16)7-5-9-17-15/h3-9,12H,1-2H3,(H,17,18)/t12-/m0/s1. The van der Waals surface area contributed by atoms with Crippen LogP contribution in [0.2, 0.25) is 0 Å². The third kappa shape index (κ3) is 2.49. The van der Waals surface area contributed by atoms with Crippen LogP contribution in [0.4, 0.5) is 5.82 Å². The molecule has 0 saturated carbocycles. The Bertz CT molecular complexity index is 584. The first-order chi connectivity index (χ1) is 8.72. The molecule has 0 amide bonds. The first kappa shape index (κ1) is 12.1. The van der Waals surface area contributed by atoms with Gasteiger partial charge in [-0.15, -0.1) is 0 Å². The van der Waals surface area contributed by atoms with Crippen molar-refractivity contribution in [3.05, 3.63) is 59.3 Å². The van der Waals surface area contributed by atoms with Gasteiger partial charge in [0.2, 0.25) is 0 Å². The lowest BCUT2D eigenvalue weighted by Gasteiger charge is -2.17. The van der Waals surface area contributed by atoms with E-state index in [2.05, 4.69) is 42.4 Å². The Morgan fingerprint density at radius 3 is 2.72 bits per heavy atom. The third-order valence-electron chi connectivity index (χ3n) is 2.94. The monoisotopic (exact) mass is 237 g/mol. The van der Waals surface area contributed by atoms with E-state index in [1.54, 1.807) is 18.3 Å². The number of rotatable bonds is 3. The Hall–Kier alpha value is -2.34. The van der Waals surface area contributed by atoms with Crippen LogP contribution in [0.5, 0.6) is 0 Å². The SMILES string of the molecule is Cc1ccccc1[C@H](C)Nc1ncccc1C#N. The van der Waals surface area contributed by atoms with E-state index in [1.165, 1.54) is 11.1 Å². The van der Waals surface area contributed by atoms with Gasteiger partial charge in [-0.25, -0.2) is 4.98 Å². The summed E-state index contributed by atoms with van der Waals surface area (Å²) in [6, 6.07) is 14.0. The summed E-state index contributed by atoms with van der Waals surface area (Å²) in [6.45, 7) is 4.15. The molecule has 90 valence electrons. The van der Waals surface area contributed by atoms with Crippen molar-refractivity contribution < 1.29 is 0 Å². The lowest BCUT2D eigenvalue weighted by molar-refractivity contribution is 0.864. The summed E-state index contributed by atoms with van der Waals surface area (Å²) < 4.78 is 0. The number of aryl methyl sites for hydroxylation is 1. The highest BCUT2D eigenvalue weighted by atomic mass is 15.0. The Labute approximate surface area is 107 Å². The van der Waals surface area contributed by atoms with Crippen molar-refractivity contribution in [3.63, 3.8) is 0 Å². The number of anilines is 1. The molecule has 0 fully saturated rings. The second-order valence-electron chi connectivity index (χ2n) is 4.23. The lowest BCUT2D eigenvalue weighted by Crippen LogP contribution is -2.10. The highest BCUT2D eigenvalue weighted by molar-refractivity contribution is 5.52. The van der Waals surface area contributed by atoms with Crippen LogP contribution < -0.4 is 5.32 Å². The molecular formula is C15H15N3. The van der Waals surface area contributed by atoms with Crippen molar-refractivity contribution in [1.82, 2.24) is 4.98 Å². The van der Waals surface area contributed by atoms with Gasteiger partial charge >= 0.3 is 0 Å². The summed E-state index contributed by atoms with van der Waals surface area (Å²) in [7, 11) is 0. The topological polar surface area (TPSA) is 48.7 Å². The molecule has 0 spiro atoms. The molecule has 1 aromatic heterocycles. The maximum atomic E-state index is 9.03. The molecule has 3 heteroatoms. The maximum absolute atomic E-state index is 9.03. The second kappa shape index (κ2) is 5.33. The Balaban J connectivity index is 2.25. The van der Waals surface area contributed by atoms with E-state index in [-0.39, 0.29) is 6.04 Å². The van der Waals surface area contributed by atoms with Crippen molar-refractivity contribution in [2.75, 3.05) is 5.32 Å². The molecule has 2 rings (SSSR count). The fourth-order valence-electron chi connectivity index (χ4n) is 1.97. The predicted octanol–water partition coefficient (Wildman–Crippen LogP) is 3.43. The van der Waals surface area contributed by atoms with Crippen molar-refractivity contribution in [1.29, 1.82) is 5.26 Å². The maximum Gasteiger partial charge on any atom is 0.144 e. The minimum Gasteiger partial charge on any atom is -0.362 e. The summed E-state index contributed by atoms with van der Waals surface area (Å²) in [5, 5.41) is 12.3. The average Bonchev–Trinajstić information content (AvgIpc) is 2.39. The number of nitrogens with one attached hydrogen (secondary N) is 1. The number of nitrogens with zero attached hydrogens (tertiary/aromatic N) is 2. The van der Waals surface area contributed by atoms with Crippen LogP contribution in [0, 0.1) is 18.3 Å². The highest BCUT2D eigenvalue weighted by Gasteiger charge is 2.10. The van der Waals surface area contributed by atoms with Crippen LogP contribution in [-0.4, -0.2) is 4.98 Å². The Morgan fingerprint density at radius 2 is 2.00 bits per heavy atom. The number of nitriles is 1. The normalized spacial score (nSPS) is 11.6. The number of benzene rings is 1. The van der Waals surface area contributed by atoms with Crippen LogP contribution in [0.25, 0.3) is 0 Å². The van der Waals surface area contributed by atoms with Crippen molar-refractivity contribution >= 4 is 5.82 Å². The molecular weight excluding hydrogens is 222 g/mol. The van der Waals surface area contributed by atoms with Gasteiger partial charge in [-0.1, -0.05) is 24.3 Å². The minimum atomic E-state index is 0.119. The highest BCUT2D eigenvalue weighted by Crippen LogP contribution is 2.22. The van der Waals surface area contributed by atoms with Gasteiger partial charge in [-0.3, -0.25) is 0 Å². The molecule has 0 saturated heterocycles. The molecule has 1 aromatic carbocycles. The third-order valence-corrected chi connectivity index (χ3v) is 2.94. The number of hydrogen-bond acceptors (Lipinski definition) is 3. The van der Waals surface area contributed by atoms with Gasteiger partial charge in [-0.2, -0.15) is 5.26 Å². The number of pyridine rings is 1. The molecule has 0 bridgehead atoms. The molecule has 0 aliphatic rings. The molecule has 18 heavy (non-hydrogen) atoms. The van der Waals surface area contributed by atoms with E-state index in [0.717, 1.165) is 0 Å². The van der Waals surface area contributed by atoms with Gasteiger partial charge in [0, 0.05) is 6.20 Å². The van der Waals surface area contributed by atoms with Crippen LogP contribution in [0.15, 0.2) is 42.6 Å². The summed E-state index contributed by atoms with van der Waals surface area (Å²) >= 11 is 0. The zero-order valence-corrected chi connectivity index (χ0v) is 10.5. The van der Waals surface area contributed by atoms with Gasteiger partial charge in [0.1, 0.15) is 11.9 Å². The average molecular weight is 237 g/mol. The number of aromatic nitrogens is 1. The van der Waals surface area contributed by atoms with Crippen LogP contribution >= 0.6 is 0 Å². The molecule has 0 aliphatic carbocycles. The van der Waals surface area contributed by atoms with Crippen LogP contribution in [-0.2, 0) is 0 Å². The van der Waals surface area contributed by atoms with Gasteiger partial charge in [-0.05, 0) is 37.1 Å². The molecule has 3 nitrogen and oxygen atoms in total. The lowest BCUT2D eigenvalue weighted by atomic mass is 10.0. The Kier molecular flexibility index (Phi) is 3.59. The van der Waals surface area contributed by atoms with Crippen LogP contribution in [0.1, 0.15) is 29.7 Å². The first-order valence-corrected chi connectivity index (χ1v) is 5.89. The van der Waals surface area contributed by atoms with E-state index in [0.29, 0.717) is 11.4 Å². The summed E-state index contributed by atoms with van der Waals surface area (Å²) in [5.41, 5.74) is 3.01. The van der Waals surface area contributed by atoms with E-state index < -0.39 is 0 Å². The summed E-state index contributed by atoms with van der Waals surface area (Å²) in [4.78, 5) is 4.21. The van der Waals surface area contributed by atoms with Crippen molar-refractivity contribution in [2.45, 2.75) is 19.9 Å². The molecule has 2 aromatic rings. The fraction of sp³-hybridized carbons (Fsp3) is 0.200. The zero-order valence-electron chi connectivity index (χ0n) is 10.5. The number of hydrogen-bond donors (Lipinski definition) is 1. The van der Waals surface area contributed by atoms with E-state index in [1.807, 2.05) is 12.1 Å². The predicted molar refractivity (Wildman–Crippen MR) is 72.2 cm³/mol. The molecule has 0 aliphatic heterocycles. The molecule has 1 atom stereocenters. The smallest absolute Gasteiger partial charge is 0.144 e. The quantitative estimate of drug-likeness (QED) is 0.889. The van der Waals surface area contributed by atoms with Crippen molar-refractivity contribution in [2.24, 2.45) is 0 Å². The molecule has 1 N–H and O–H groups in total. The first-order valence-electron chi connectivity index (χ1n) is 5.89. The van der Waals surface area contributed by atoms with E-state index in [9.17, 15) is 0 Å². The largest absolute Gasteiger partial charge is 0.362 e. The van der Waals surface area contributed by atoms with Crippen molar-refractivity contribution in [3.8, 4) is 6.07 Å². The van der Waals surface area contributed by atoms with E-state index >= 15 is 0 Å².